The third-order valence-corrected chi connectivity index (χ3v) is 3.83. The molecule has 0 aromatic rings. The van der Waals surface area contributed by atoms with Crippen LogP contribution >= 0.6 is 9.03 Å². The second kappa shape index (κ2) is 16.4. The summed E-state index contributed by atoms with van der Waals surface area (Å²) in [4.78, 5) is 41.4. The maximum atomic E-state index is 11.9. The Kier molecular flexibility index (Phi) is 19.7. The Balaban J connectivity index is -0.000000471. The van der Waals surface area contributed by atoms with E-state index < -0.39 is 32.3 Å². The Morgan fingerprint density at radius 1 is 1.17 bits per heavy atom. The fourth-order valence-corrected chi connectivity index (χ4v) is 2.30. The topological polar surface area (TPSA) is 122 Å². The van der Waals surface area contributed by atoms with Gasteiger partial charge in [-0.25, -0.2) is 4.99 Å². The van der Waals surface area contributed by atoms with Crippen LogP contribution in [0.1, 0.15) is 66.7 Å². The Morgan fingerprint density at radius 2 is 1.62 bits per heavy atom. The molecule has 1 heterocycles. The van der Waals surface area contributed by atoms with Crippen LogP contribution in [0.25, 0.3) is 0 Å². The van der Waals surface area contributed by atoms with Gasteiger partial charge in [0.15, 0.2) is 0 Å². The summed E-state index contributed by atoms with van der Waals surface area (Å²) in [7, 11) is -0.917. The summed E-state index contributed by atoms with van der Waals surface area (Å²) in [5, 5.41) is 13.1. The van der Waals surface area contributed by atoms with Gasteiger partial charge >= 0.3 is 29.6 Å². The van der Waals surface area contributed by atoms with Gasteiger partial charge in [-0.05, 0) is 18.8 Å². The van der Waals surface area contributed by atoms with E-state index in [9.17, 15) is 14.7 Å². The number of carbonyl (C=O) groups excluding carboxylic acids is 2. The van der Waals surface area contributed by atoms with Crippen LogP contribution in [0.4, 0.5) is 0 Å². The second-order valence-corrected chi connectivity index (χ2v) is 5.49. The molecule has 2 unspecified atom stereocenters. The molecule has 0 aliphatic carbocycles. The van der Waals surface area contributed by atoms with Crippen molar-refractivity contribution in [1.82, 2.24) is 5.32 Å². The van der Waals surface area contributed by atoms with Gasteiger partial charge in [0.1, 0.15) is 14.4 Å². The van der Waals surface area contributed by atoms with Crippen LogP contribution in [0.3, 0.4) is 0 Å². The van der Waals surface area contributed by atoms with Crippen molar-refractivity contribution in [2.45, 2.75) is 66.7 Å². The Hall–Kier alpha value is -0.0400. The molecular formula is C15H30N2NaO5P. The predicted octanol–water partition coefficient (Wildman–Crippen LogP) is -1.52. The fourth-order valence-electron chi connectivity index (χ4n) is 2.30. The van der Waals surface area contributed by atoms with Crippen LogP contribution in [-0.2, 0) is 9.59 Å². The van der Waals surface area contributed by atoms with Crippen LogP contribution < -0.4 is 40.0 Å². The maximum absolute atomic E-state index is 11.9. The van der Waals surface area contributed by atoms with Gasteiger partial charge in [-0.2, -0.15) is 0 Å². The number of carbonyl (C=O) groups is 2. The molecule has 1 aliphatic heterocycles. The van der Waals surface area contributed by atoms with E-state index in [1.54, 1.807) is 6.92 Å². The van der Waals surface area contributed by atoms with Gasteiger partial charge in [0.05, 0.1) is 6.02 Å². The largest absolute Gasteiger partial charge is 1.00 e. The number of amidine groups is 1. The second-order valence-electron chi connectivity index (χ2n) is 5.29. The Bertz CT molecular complexity index is 394. The summed E-state index contributed by atoms with van der Waals surface area (Å²) in [6, 6.07) is -0.845. The molecule has 0 aromatic heterocycles. The van der Waals surface area contributed by atoms with E-state index in [4.69, 9.17) is 9.79 Å². The van der Waals surface area contributed by atoms with Crippen LogP contribution in [-0.4, -0.2) is 27.6 Å². The van der Waals surface area contributed by atoms with Crippen molar-refractivity contribution in [3.8, 4) is 0 Å². The molecule has 7 nitrogen and oxygen atoms in total. The van der Waals surface area contributed by atoms with Crippen LogP contribution in [0.15, 0.2) is 4.99 Å². The first kappa shape index (κ1) is 28.8. The summed E-state index contributed by atoms with van der Waals surface area (Å²) >= 11 is 0. The minimum Gasteiger partial charge on any atom is -0.846 e. The summed E-state index contributed by atoms with van der Waals surface area (Å²) in [5.74, 6) is -1.20. The third-order valence-electron chi connectivity index (χ3n) is 3.83. The average molecular weight is 372 g/mol. The van der Waals surface area contributed by atoms with Crippen LogP contribution in [0, 0.1) is 11.3 Å². The first-order chi connectivity index (χ1) is 10.8. The van der Waals surface area contributed by atoms with E-state index >= 15 is 0 Å². The molecule has 0 radical (unpaired) electrons. The molecule has 1 aliphatic rings. The van der Waals surface area contributed by atoms with Crippen molar-refractivity contribution in [2.24, 2.45) is 16.3 Å². The van der Waals surface area contributed by atoms with E-state index in [2.05, 4.69) is 24.2 Å². The standard InChI is InChI=1S/C11H18N2O3.C4H10.Na.H3O2P/c1-4-6-7(3)11(5-2)8(14)12-10(16)13-9(11)15;1-3-4-2;;1-3-2/h7H,4-6H2,1-3H3,(H2,12,13,14,15,16);3-4H2,1-2H3;;1-3H/q;;+1;/p-1. The van der Waals surface area contributed by atoms with E-state index in [-0.39, 0.29) is 35.5 Å². The number of unbranched alkanes of at least 4 members (excludes halogenated alkanes) is 1. The molecule has 2 amide bonds. The first-order valence-electron chi connectivity index (χ1n) is 7.96. The molecule has 0 spiro atoms. The summed E-state index contributed by atoms with van der Waals surface area (Å²) < 4.78 is 0. The van der Waals surface area contributed by atoms with Crippen molar-refractivity contribution in [2.75, 3.05) is 0 Å². The zero-order chi connectivity index (χ0) is 18.5. The summed E-state index contributed by atoms with van der Waals surface area (Å²) in [5.41, 5.74) is -1.15. The molecule has 24 heavy (non-hydrogen) atoms. The van der Waals surface area contributed by atoms with Gasteiger partial charge in [0.2, 0.25) is 5.91 Å². The summed E-state index contributed by atoms with van der Waals surface area (Å²) in [6.07, 6.45) is 4.66. The normalized spacial score (nSPS) is 20.2. The molecule has 136 valence electrons. The molecule has 0 fully saturated rings. The SMILES string of the molecule is CCCC.CCCC(C)C1(CC)C(=O)N=C([O-])NC1=O.OPO.[Na+]. The number of nitrogens with zero attached hydrogens (tertiary/aromatic N) is 1. The van der Waals surface area contributed by atoms with E-state index in [1.165, 1.54) is 12.8 Å². The molecule has 3 N–H and O–H groups in total. The quantitative estimate of drug-likeness (QED) is 0.307. The van der Waals surface area contributed by atoms with Crippen molar-refractivity contribution < 1.29 is 54.0 Å². The van der Waals surface area contributed by atoms with Crippen molar-refractivity contribution in [3.63, 3.8) is 0 Å². The van der Waals surface area contributed by atoms with Gasteiger partial charge in [-0.15, -0.1) is 0 Å². The number of amides is 2. The molecule has 0 bridgehead atoms. The molecule has 9 heteroatoms. The minimum absolute atomic E-state index is 0. The van der Waals surface area contributed by atoms with E-state index in [0.29, 0.717) is 6.42 Å². The van der Waals surface area contributed by atoms with E-state index in [1.807, 2.05) is 13.8 Å². The van der Waals surface area contributed by atoms with Crippen LogP contribution in [0.2, 0.25) is 0 Å². The zero-order valence-corrected chi connectivity index (χ0v) is 18.7. The predicted molar refractivity (Wildman–Crippen MR) is 90.7 cm³/mol. The average Bonchev–Trinajstić information content (AvgIpc) is 2.48. The number of rotatable bonds is 5. The summed E-state index contributed by atoms with van der Waals surface area (Å²) in [6.45, 7) is 9.98. The van der Waals surface area contributed by atoms with Crippen molar-refractivity contribution >= 4 is 26.9 Å². The zero-order valence-electron chi connectivity index (χ0n) is 15.7. The van der Waals surface area contributed by atoms with Gasteiger partial charge in [0.25, 0.3) is 5.91 Å². The molecule has 0 saturated heterocycles. The molecular weight excluding hydrogens is 342 g/mol. The fraction of sp³-hybridized carbons (Fsp3) is 0.800. The van der Waals surface area contributed by atoms with Crippen LogP contribution in [0.5, 0.6) is 0 Å². The first-order valence-corrected chi connectivity index (χ1v) is 8.86. The number of nitrogens with one attached hydrogen (secondary N) is 1. The molecule has 1 rings (SSSR count). The Morgan fingerprint density at radius 3 is 1.92 bits per heavy atom. The number of hydrogen-bond donors (Lipinski definition) is 3. The van der Waals surface area contributed by atoms with Gasteiger partial charge < -0.3 is 20.2 Å². The molecule has 2 atom stereocenters. The van der Waals surface area contributed by atoms with Gasteiger partial charge in [0, 0.05) is 0 Å². The van der Waals surface area contributed by atoms with Crippen molar-refractivity contribution in [3.05, 3.63) is 0 Å². The van der Waals surface area contributed by atoms with Gasteiger partial charge in [-0.1, -0.05) is 53.9 Å². The third kappa shape index (κ3) is 8.88. The van der Waals surface area contributed by atoms with E-state index in [0.717, 1.165) is 12.8 Å². The minimum atomic E-state index is -1.15. The van der Waals surface area contributed by atoms with Crippen molar-refractivity contribution in [1.29, 1.82) is 0 Å². The monoisotopic (exact) mass is 372 g/mol. The molecule has 0 aromatic carbocycles. The Labute approximate surface area is 169 Å². The van der Waals surface area contributed by atoms with Gasteiger partial charge in [-0.3, -0.25) is 9.59 Å². The molecule has 0 saturated carbocycles. The number of aliphatic imine (C=N–C) groups is 1. The smallest absolute Gasteiger partial charge is 0.846 e. The number of hydrogen-bond acceptors (Lipinski definition) is 5. The maximum Gasteiger partial charge on any atom is 1.00 e.